The summed E-state index contributed by atoms with van der Waals surface area (Å²) in [4.78, 5) is 10.2. The number of hydrogen-bond acceptors (Lipinski definition) is 2. The summed E-state index contributed by atoms with van der Waals surface area (Å²) in [5.41, 5.74) is 5.12. The molecule has 0 bridgehead atoms. The maximum atomic E-state index is 5.19. The van der Waals surface area contributed by atoms with Crippen molar-refractivity contribution in [1.29, 1.82) is 0 Å². The predicted octanol–water partition coefficient (Wildman–Crippen LogP) is 8.31. The van der Waals surface area contributed by atoms with E-state index >= 15 is 0 Å². The lowest BCUT2D eigenvalue weighted by molar-refractivity contribution is 1.01. The van der Waals surface area contributed by atoms with Crippen LogP contribution in [0, 0.1) is 0 Å². The molecule has 160 valence electrons. The lowest BCUT2D eigenvalue weighted by atomic mass is 10.0. The minimum atomic E-state index is 0.672. The zero-order valence-corrected chi connectivity index (χ0v) is 19.7. The number of benzene rings is 5. The lowest BCUT2D eigenvalue weighted by Crippen LogP contribution is -2.03. The van der Waals surface area contributed by atoms with E-state index in [4.69, 9.17) is 9.97 Å². The fourth-order valence-corrected chi connectivity index (χ4v) is 5.23. The molecule has 3 nitrogen and oxygen atoms in total. The van der Waals surface area contributed by atoms with Gasteiger partial charge in [0.25, 0.3) is 0 Å². The molecular weight excluding hydrogens is 482 g/mol. The van der Waals surface area contributed by atoms with E-state index in [9.17, 15) is 0 Å². The van der Waals surface area contributed by atoms with Gasteiger partial charge in [-0.2, -0.15) is 0 Å². The Balaban J connectivity index is 1.58. The minimum absolute atomic E-state index is 0.672. The first-order valence-electron chi connectivity index (χ1n) is 11.2. The Morgan fingerprint density at radius 1 is 0.559 bits per heavy atom. The van der Waals surface area contributed by atoms with Crippen LogP contribution in [0.4, 0.5) is 0 Å². The molecule has 0 saturated carbocycles. The summed E-state index contributed by atoms with van der Waals surface area (Å²) in [7, 11) is 0. The molecule has 2 aromatic heterocycles. The number of fused-ring (bicyclic) bond motifs is 5. The van der Waals surface area contributed by atoms with Crippen LogP contribution in [0.2, 0.25) is 0 Å². The fraction of sp³-hybridized carbons (Fsp3) is 0. The Labute approximate surface area is 204 Å². The number of nitrogens with zero attached hydrogens (tertiary/aromatic N) is 3. The topological polar surface area (TPSA) is 30.7 Å². The third-order valence-electron chi connectivity index (χ3n) is 6.45. The third kappa shape index (κ3) is 2.96. The molecule has 5 aromatic carbocycles. The Morgan fingerprint density at radius 3 is 2.21 bits per heavy atom. The summed E-state index contributed by atoms with van der Waals surface area (Å²) in [6.45, 7) is 0. The molecule has 0 fully saturated rings. The molecule has 2 heterocycles. The third-order valence-corrected chi connectivity index (χ3v) is 6.94. The van der Waals surface area contributed by atoms with Gasteiger partial charge in [0.15, 0.2) is 0 Å². The van der Waals surface area contributed by atoms with Crippen molar-refractivity contribution in [3.8, 4) is 17.2 Å². The van der Waals surface area contributed by atoms with Crippen LogP contribution < -0.4 is 0 Å². The van der Waals surface area contributed by atoms with E-state index in [0.29, 0.717) is 5.95 Å². The van der Waals surface area contributed by atoms with Crippen molar-refractivity contribution in [1.82, 2.24) is 14.5 Å². The molecule has 7 aromatic rings. The molecule has 0 saturated heterocycles. The van der Waals surface area contributed by atoms with Crippen LogP contribution in [0.5, 0.6) is 0 Å². The normalized spacial score (nSPS) is 11.7. The molecule has 0 aliphatic carbocycles. The van der Waals surface area contributed by atoms with Gasteiger partial charge >= 0.3 is 0 Å². The van der Waals surface area contributed by atoms with Crippen molar-refractivity contribution < 1.29 is 0 Å². The second kappa shape index (κ2) is 7.51. The molecule has 4 heteroatoms. The molecule has 0 atom stereocenters. The molecule has 0 N–H and O–H groups in total. The van der Waals surface area contributed by atoms with Crippen LogP contribution in [0.3, 0.4) is 0 Å². The molecule has 0 spiro atoms. The highest BCUT2D eigenvalue weighted by Gasteiger charge is 2.17. The molecular formula is C30H18BrN3. The Morgan fingerprint density at radius 2 is 1.29 bits per heavy atom. The highest BCUT2D eigenvalue weighted by molar-refractivity contribution is 9.10. The number of para-hydroxylation sites is 2. The van der Waals surface area contributed by atoms with Gasteiger partial charge in [-0.15, -0.1) is 0 Å². The summed E-state index contributed by atoms with van der Waals surface area (Å²) in [5.74, 6) is 0.672. The van der Waals surface area contributed by atoms with E-state index in [1.807, 2.05) is 12.1 Å². The van der Waals surface area contributed by atoms with Crippen molar-refractivity contribution in [2.24, 2.45) is 0 Å². The van der Waals surface area contributed by atoms with Crippen molar-refractivity contribution in [2.45, 2.75) is 0 Å². The molecule has 0 amide bonds. The van der Waals surface area contributed by atoms with Gasteiger partial charge in [0, 0.05) is 26.2 Å². The lowest BCUT2D eigenvalue weighted by Gasteiger charge is -2.12. The quantitative estimate of drug-likeness (QED) is 0.239. The van der Waals surface area contributed by atoms with Gasteiger partial charge in [-0.1, -0.05) is 94.8 Å². The average molecular weight is 500 g/mol. The van der Waals surface area contributed by atoms with Crippen molar-refractivity contribution >= 4 is 59.4 Å². The first-order chi connectivity index (χ1) is 16.8. The standard InChI is InChI=1S/C30H18BrN3/c31-22-15-16-24-23-9-4-6-12-27(23)34(28(24)18-22)30-32-26-11-5-3-10-25(26)29(33-30)21-14-13-19-7-1-2-8-20(19)17-21/h1-18H. The van der Waals surface area contributed by atoms with E-state index in [1.54, 1.807) is 0 Å². The van der Waals surface area contributed by atoms with E-state index in [2.05, 4.69) is 118 Å². The summed E-state index contributed by atoms with van der Waals surface area (Å²) >= 11 is 3.66. The summed E-state index contributed by atoms with van der Waals surface area (Å²) in [5, 5.41) is 5.84. The SMILES string of the molecule is Brc1ccc2c3ccccc3n(-c3nc(-c4ccc5ccccc5c4)c4ccccc4n3)c2c1. The van der Waals surface area contributed by atoms with Gasteiger partial charge in [-0.3, -0.25) is 4.57 Å². The van der Waals surface area contributed by atoms with Crippen LogP contribution >= 0.6 is 15.9 Å². The molecule has 34 heavy (non-hydrogen) atoms. The van der Waals surface area contributed by atoms with Crippen LogP contribution in [0.25, 0.3) is 60.7 Å². The van der Waals surface area contributed by atoms with Crippen molar-refractivity contribution in [2.75, 3.05) is 0 Å². The Kier molecular flexibility index (Phi) is 4.29. The van der Waals surface area contributed by atoms with E-state index in [-0.39, 0.29) is 0 Å². The van der Waals surface area contributed by atoms with Gasteiger partial charge in [0.1, 0.15) is 0 Å². The number of aromatic nitrogens is 3. The van der Waals surface area contributed by atoms with Crippen LogP contribution in [0.15, 0.2) is 114 Å². The minimum Gasteiger partial charge on any atom is -0.278 e. The second-order valence-corrected chi connectivity index (χ2v) is 9.38. The molecule has 0 aliphatic heterocycles. The van der Waals surface area contributed by atoms with E-state index in [0.717, 1.165) is 37.7 Å². The molecule has 0 unspecified atom stereocenters. The number of halogens is 1. The van der Waals surface area contributed by atoms with E-state index in [1.165, 1.54) is 21.5 Å². The number of rotatable bonds is 2. The van der Waals surface area contributed by atoms with Gasteiger partial charge in [0.2, 0.25) is 5.95 Å². The Hall–Kier alpha value is -4.02. The smallest absolute Gasteiger partial charge is 0.235 e. The maximum absolute atomic E-state index is 5.19. The summed E-state index contributed by atoms with van der Waals surface area (Å²) < 4.78 is 3.20. The highest BCUT2D eigenvalue weighted by Crippen LogP contribution is 2.35. The van der Waals surface area contributed by atoms with Crippen molar-refractivity contribution in [3.05, 3.63) is 114 Å². The average Bonchev–Trinajstić information content (AvgIpc) is 3.21. The van der Waals surface area contributed by atoms with E-state index < -0.39 is 0 Å². The van der Waals surface area contributed by atoms with Gasteiger partial charge in [0.05, 0.1) is 22.2 Å². The molecule has 0 radical (unpaired) electrons. The Bertz CT molecular complexity index is 1880. The van der Waals surface area contributed by atoms with Crippen molar-refractivity contribution in [3.63, 3.8) is 0 Å². The zero-order chi connectivity index (χ0) is 22.6. The maximum Gasteiger partial charge on any atom is 0.235 e. The first-order valence-corrected chi connectivity index (χ1v) is 12.0. The van der Waals surface area contributed by atoms with Gasteiger partial charge < -0.3 is 0 Å². The second-order valence-electron chi connectivity index (χ2n) is 8.47. The first kappa shape index (κ1) is 19.4. The summed E-state index contributed by atoms with van der Waals surface area (Å²) in [6.07, 6.45) is 0. The van der Waals surface area contributed by atoms with Crippen LogP contribution in [0.1, 0.15) is 0 Å². The van der Waals surface area contributed by atoms with Gasteiger partial charge in [-0.05, 0) is 41.1 Å². The van der Waals surface area contributed by atoms with Crippen LogP contribution in [-0.2, 0) is 0 Å². The monoisotopic (exact) mass is 499 g/mol. The zero-order valence-electron chi connectivity index (χ0n) is 18.1. The molecule has 7 rings (SSSR count). The summed E-state index contributed by atoms with van der Waals surface area (Å²) in [6, 6.07) is 38.0. The number of hydrogen-bond donors (Lipinski definition) is 0. The van der Waals surface area contributed by atoms with Gasteiger partial charge in [-0.25, -0.2) is 9.97 Å². The fourth-order valence-electron chi connectivity index (χ4n) is 4.88. The highest BCUT2D eigenvalue weighted by atomic mass is 79.9. The van der Waals surface area contributed by atoms with Crippen LogP contribution in [-0.4, -0.2) is 14.5 Å². The molecule has 0 aliphatic rings. The predicted molar refractivity (Wildman–Crippen MR) is 145 cm³/mol. The largest absolute Gasteiger partial charge is 0.278 e.